The van der Waals surface area contributed by atoms with Gasteiger partial charge >= 0.3 is 5.97 Å². The number of carboxylic acids is 1. The highest BCUT2D eigenvalue weighted by Gasteiger charge is 2.34. The quantitative estimate of drug-likeness (QED) is 0.939. The molecule has 2 aromatic rings. The van der Waals surface area contributed by atoms with Crippen LogP contribution < -0.4 is 4.90 Å². The van der Waals surface area contributed by atoms with Gasteiger partial charge in [0.1, 0.15) is 12.1 Å². The average Bonchev–Trinajstić information content (AvgIpc) is 2.94. The summed E-state index contributed by atoms with van der Waals surface area (Å²) in [7, 11) is 0. The number of fused-ring (bicyclic) bond motifs is 1. The summed E-state index contributed by atoms with van der Waals surface area (Å²) in [5.74, 6) is -0.137. The molecule has 3 rings (SSSR count). The Kier molecular flexibility index (Phi) is 3.40. The average molecular weight is 289 g/mol. The van der Waals surface area contributed by atoms with Gasteiger partial charge in [-0.3, -0.25) is 0 Å². The van der Waals surface area contributed by atoms with Crippen molar-refractivity contribution in [2.24, 2.45) is 0 Å². The van der Waals surface area contributed by atoms with Crippen molar-refractivity contribution in [2.45, 2.75) is 25.8 Å². The van der Waals surface area contributed by atoms with Crippen molar-refractivity contribution in [2.75, 3.05) is 11.4 Å². The lowest BCUT2D eigenvalue weighted by Gasteiger charge is -2.34. The standard InChI is InChI=1S/C14H15N3O2S/c1-2-9-7-12(16-8-15-9)17-5-3-11-10(4-6-20-11)13(17)14(18)19/h4,6-8,13H,2-3,5H2,1H3,(H,18,19). The molecule has 0 aromatic carbocycles. The summed E-state index contributed by atoms with van der Waals surface area (Å²) in [6.45, 7) is 2.69. The number of aromatic nitrogens is 2. The summed E-state index contributed by atoms with van der Waals surface area (Å²) in [5, 5.41) is 11.5. The van der Waals surface area contributed by atoms with Crippen LogP contribution in [0.4, 0.5) is 5.82 Å². The number of thiophene rings is 1. The first-order valence-corrected chi connectivity index (χ1v) is 7.45. The van der Waals surface area contributed by atoms with Crippen LogP contribution >= 0.6 is 11.3 Å². The Morgan fingerprint density at radius 3 is 3.15 bits per heavy atom. The van der Waals surface area contributed by atoms with Gasteiger partial charge in [-0.2, -0.15) is 0 Å². The summed E-state index contributed by atoms with van der Waals surface area (Å²) < 4.78 is 0. The van der Waals surface area contributed by atoms with Gasteiger partial charge in [0.15, 0.2) is 6.04 Å². The van der Waals surface area contributed by atoms with Gasteiger partial charge in [-0.1, -0.05) is 6.92 Å². The number of anilines is 1. The molecule has 1 unspecified atom stereocenters. The van der Waals surface area contributed by atoms with E-state index in [4.69, 9.17) is 0 Å². The lowest BCUT2D eigenvalue weighted by atomic mass is 10.00. The molecule has 1 N–H and O–H groups in total. The molecule has 0 saturated heterocycles. The van der Waals surface area contributed by atoms with Crippen LogP contribution in [0.1, 0.15) is 29.1 Å². The fourth-order valence-corrected chi connectivity index (χ4v) is 3.47. The molecule has 1 atom stereocenters. The number of aliphatic carboxylic acids is 1. The van der Waals surface area contributed by atoms with Crippen LogP contribution in [0.15, 0.2) is 23.8 Å². The molecule has 1 aliphatic rings. The Hall–Kier alpha value is -1.95. The smallest absolute Gasteiger partial charge is 0.331 e. The highest BCUT2D eigenvalue weighted by molar-refractivity contribution is 7.10. The number of carbonyl (C=O) groups is 1. The topological polar surface area (TPSA) is 66.3 Å². The molecular weight excluding hydrogens is 274 g/mol. The van der Waals surface area contributed by atoms with E-state index in [9.17, 15) is 9.90 Å². The van der Waals surface area contributed by atoms with E-state index in [1.165, 1.54) is 11.2 Å². The summed E-state index contributed by atoms with van der Waals surface area (Å²) in [5.41, 5.74) is 1.82. The van der Waals surface area contributed by atoms with Crippen LogP contribution in [0.5, 0.6) is 0 Å². The largest absolute Gasteiger partial charge is 0.479 e. The van der Waals surface area contributed by atoms with Gasteiger partial charge in [0.25, 0.3) is 0 Å². The van der Waals surface area contributed by atoms with E-state index < -0.39 is 12.0 Å². The molecule has 104 valence electrons. The van der Waals surface area contributed by atoms with E-state index in [-0.39, 0.29) is 0 Å². The number of nitrogens with zero attached hydrogens (tertiary/aromatic N) is 3. The normalized spacial score (nSPS) is 17.9. The zero-order valence-electron chi connectivity index (χ0n) is 11.1. The minimum absolute atomic E-state index is 0.649. The molecule has 0 radical (unpaired) electrons. The zero-order chi connectivity index (χ0) is 14.1. The van der Waals surface area contributed by atoms with Gasteiger partial charge < -0.3 is 10.0 Å². The third kappa shape index (κ3) is 2.16. The summed E-state index contributed by atoms with van der Waals surface area (Å²) in [4.78, 5) is 23.1. The van der Waals surface area contributed by atoms with Gasteiger partial charge in [-0.05, 0) is 29.9 Å². The van der Waals surface area contributed by atoms with Crippen molar-refractivity contribution < 1.29 is 9.90 Å². The van der Waals surface area contributed by atoms with Crippen LogP contribution in [0, 0.1) is 0 Å². The highest BCUT2D eigenvalue weighted by atomic mass is 32.1. The Labute approximate surface area is 120 Å². The van der Waals surface area contributed by atoms with Crippen molar-refractivity contribution in [3.05, 3.63) is 40.0 Å². The number of rotatable bonds is 3. The van der Waals surface area contributed by atoms with Gasteiger partial charge in [0.2, 0.25) is 0 Å². The van der Waals surface area contributed by atoms with E-state index in [0.29, 0.717) is 12.4 Å². The maximum absolute atomic E-state index is 11.7. The van der Waals surface area contributed by atoms with Gasteiger partial charge in [0.05, 0.1) is 0 Å². The Balaban J connectivity index is 2.02. The predicted octanol–water partition coefficient (Wildman–Crippen LogP) is 2.29. The molecule has 0 amide bonds. The molecule has 0 aliphatic carbocycles. The van der Waals surface area contributed by atoms with Gasteiger partial charge in [-0.15, -0.1) is 11.3 Å². The molecular formula is C14H15N3O2S. The molecule has 2 aromatic heterocycles. The van der Waals surface area contributed by atoms with E-state index in [1.807, 2.05) is 29.3 Å². The lowest BCUT2D eigenvalue weighted by Crippen LogP contribution is -2.39. The molecule has 1 aliphatic heterocycles. The minimum atomic E-state index is -0.832. The maximum atomic E-state index is 11.7. The Bertz CT molecular complexity index is 641. The summed E-state index contributed by atoms with van der Waals surface area (Å²) in [6, 6.07) is 3.14. The number of hydrogen-bond acceptors (Lipinski definition) is 5. The second-order valence-electron chi connectivity index (χ2n) is 4.70. The maximum Gasteiger partial charge on any atom is 0.331 e. The van der Waals surface area contributed by atoms with Crippen molar-refractivity contribution in [1.82, 2.24) is 9.97 Å². The second kappa shape index (κ2) is 5.20. The monoisotopic (exact) mass is 289 g/mol. The summed E-state index contributed by atoms with van der Waals surface area (Å²) >= 11 is 1.63. The van der Waals surface area contributed by atoms with Gasteiger partial charge in [0, 0.05) is 23.2 Å². The van der Waals surface area contributed by atoms with E-state index in [0.717, 1.165) is 24.1 Å². The minimum Gasteiger partial charge on any atom is -0.479 e. The van der Waals surface area contributed by atoms with Crippen molar-refractivity contribution >= 4 is 23.1 Å². The number of aryl methyl sites for hydroxylation is 1. The van der Waals surface area contributed by atoms with Crippen LogP contribution in [-0.4, -0.2) is 27.6 Å². The zero-order valence-corrected chi connectivity index (χ0v) is 11.9. The molecule has 0 saturated carbocycles. The first kappa shape index (κ1) is 13.1. The Morgan fingerprint density at radius 2 is 2.40 bits per heavy atom. The van der Waals surface area contributed by atoms with Crippen LogP contribution in [0.3, 0.4) is 0 Å². The lowest BCUT2D eigenvalue weighted by molar-refractivity contribution is -0.138. The molecule has 20 heavy (non-hydrogen) atoms. The first-order valence-electron chi connectivity index (χ1n) is 6.57. The molecule has 5 nitrogen and oxygen atoms in total. The molecule has 0 spiro atoms. The first-order chi connectivity index (χ1) is 9.70. The van der Waals surface area contributed by atoms with Gasteiger partial charge in [-0.25, -0.2) is 14.8 Å². The third-order valence-electron chi connectivity index (χ3n) is 3.57. The van der Waals surface area contributed by atoms with E-state index >= 15 is 0 Å². The molecule has 3 heterocycles. The van der Waals surface area contributed by atoms with Crippen molar-refractivity contribution in [3.63, 3.8) is 0 Å². The van der Waals surface area contributed by atoms with Crippen molar-refractivity contribution in [1.29, 1.82) is 0 Å². The van der Waals surface area contributed by atoms with E-state index in [2.05, 4.69) is 9.97 Å². The van der Waals surface area contributed by atoms with Crippen LogP contribution in [0.2, 0.25) is 0 Å². The summed E-state index contributed by atoms with van der Waals surface area (Å²) in [6.07, 6.45) is 3.18. The number of carboxylic acid groups (broad SMARTS) is 1. The van der Waals surface area contributed by atoms with E-state index in [1.54, 1.807) is 11.3 Å². The predicted molar refractivity (Wildman–Crippen MR) is 77.2 cm³/mol. The highest BCUT2D eigenvalue weighted by Crippen LogP contribution is 2.35. The van der Waals surface area contributed by atoms with Crippen molar-refractivity contribution in [3.8, 4) is 0 Å². The third-order valence-corrected chi connectivity index (χ3v) is 4.56. The number of hydrogen-bond donors (Lipinski definition) is 1. The molecule has 6 heteroatoms. The second-order valence-corrected chi connectivity index (χ2v) is 5.71. The Morgan fingerprint density at radius 1 is 1.55 bits per heavy atom. The fraction of sp³-hybridized carbons (Fsp3) is 0.357. The molecule has 0 fully saturated rings. The molecule has 0 bridgehead atoms. The van der Waals surface area contributed by atoms with Crippen LogP contribution in [0.25, 0.3) is 0 Å². The fourth-order valence-electron chi connectivity index (χ4n) is 2.57. The van der Waals surface area contributed by atoms with Crippen LogP contribution in [-0.2, 0) is 17.6 Å². The SMILES string of the molecule is CCc1cc(N2CCc3sccc3C2C(=O)O)ncn1.